The van der Waals surface area contributed by atoms with Crippen LogP contribution in [0.25, 0.3) is 0 Å². The fourth-order valence-electron chi connectivity index (χ4n) is 4.61. The highest BCUT2D eigenvalue weighted by Gasteiger charge is 2.37. The van der Waals surface area contributed by atoms with E-state index in [1.54, 1.807) is 12.8 Å². The van der Waals surface area contributed by atoms with Crippen molar-refractivity contribution in [1.82, 2.24) is 5.32 Å². The zero-order valence-electron chi connectivity index (χ0n) is 11.3. The Morgan fingerprint density at radius 1 is 0.765 bits per heavy atom. The van der Waals surface area contributed by atoms with Crippen LogP contribution < -0.4 is 5.32 Å². The average molecular weight is 235 g/mol. The number of rotatable bonds is 3. The van der Waals surface area contributed by atoms with Gasteiger partial charge in [-0.2, -0.15) is 0 Å². The van der Waals surface area contributed by atoms with E-state index in [1.165, 1.54) is 70.8 Å². The highest BCUT2D eigenvalue weighted by Crippen LogP contribution is 2.48. The quantitative estimate of drug-likeness (QED) is 0.770. The summed E-state index contributed by atoms with van der Waals surface area (Å²) in [6.07, 6.45) is 18.0. The molecule has 0 aromatic rings. The van der Waals surface area contributed by atoms with Crippen molar-refractivity contribution < 1.29 is 0 Å². The van der Waals surface area contributed by atoms with Gasteiger partial charge in [0.2, 0.25) is 0 Å². The Labute approximate surface area is 107 Å². The Morgan fingerprint density at radius 3 is 2.06 bits per heavy atom. The molecule has 0 unspecified atom stereocenters. The summed E-state index contributed by atoms with van der Waals surface area (Å²) in [5.74, 6) is 1.01. The van der Waals surface area contributed by atoms with Gasteiger partial charge in [0.25, 0.3) is 0 Å². The van der Waals surface area contributed by atoms with Crippen LogP contribution in [-0.2, 0) is 0 Å². The van der Waals surface area contributed by atoms with E-state index in [9.17, 15) is 0 Å². The molecular formula is C16H29N. The molecule has 0 atom stereocenters. The predicted molar refractivity (Wildman–Crippen MR) is 73.1 cm³/mol. The van der Waals surface area contributed by atoms with Crippen molar-refractivity contribution in [1.29, 1.82) is 0 Å². The second-order valence-corrected chi connectivity index (χ2v) is 7.04. The van der Waals surface area contributed by atoms with Crippen molar-refractivity contribution in [2.24, 2.45) is 11.3 Å². The zero-order chi connectivity index (χ0) is 11.6. The van der Waals surface area contributed by atoms with Crippen LogP contribution in [0, 0.1) is 11.3 Å². The Hall–Kier alpha value is -0.0400. The van der Waals surface area contributed by atoms with Gasteiger partial charge in [-0.25, -0.2) is 0 Å². The lowest BCUT2D eigenvalue weighted by atomic mass is 9.71. The minimum absolute atomic E-state index is 0.811. The summed E-state index contributed by atoms with van der Waals surface area (Å²) < 4.78 is 0. The first-order valence-corrected chi connectivity index (χ1v) is 8.10. The Morgan fingerprint density at radius 2 is 1.41 bits per heavy atom. The largest absolute Gasteiger partial charge is 0.314 e. The Balaban J connectivity index is 1.39. The first-order chi connectivity index (χ1) is 8.36. The van der Waals surface area contributed by atoms with E-state index in [-0.39, 0.29) is 0 Å². The van der Waals surface area contributed by atoms with Crippen LogP contribution in [0.3, 0.4) is 0 Å². The molecule has 1 heteroatoms. The molecule has 0 aromatic heterocycles. The molecule has 1 spiro atoms. The molecule has 3 aliphatic carbocycles. The van der Waals surface area contributed by atoms with Crippen molar-refractivity contribution in [3.05, 3.63) is 0 Å². The van der Waals surface area contributed by atoms with Crippen LogP contribution in [0.1, 0.15) is 77.0 Å². The first-order valence-electron chi connectivity index (χ1n) is 8.10. The molecule has 0 bridgehead atoms. The first kappa shape index (κ1) is 12.0. The third kappa shape index (κ3) is 2.86. The summed E-state index contributed by atoms with van der Waals surface area (Å²) in [6, 6.07) is 0.863. The second kappa shape index (κ2) is 5.30. The highest BCUT2D eigenvalue weighted by molar-refractivity contribution is 4.91. The molecule has 0 heterocycles. The van der Waals surface area contributed by atoms with Crippen LogP contribution in [0.4, 0.5) is 0 Å². The lowest BCUT2D eigenvalue weighted by Gasteiger charge is -2.38. The zero-order valence-corrected chi connectivity index (χ0v) is 11.3. The summed E-state index contributed by atoms with van der Waals surface area (Å²) in [5, 5.41) is 3.87. The van der Waals surface area contributed by atoms with Crippen molar-refractivity contribution in [2.45, 2.75) is 83.1 Å². The summed E-state index contributed by atoms with van der Waals surface area (Å²) in [5.41, 5.74) is 0.811. The van der Waals surface area contributed by atoms with Gasteiger partial charge >= 0.3 is 0 Å². The van der Waals surface area contributed by atoms with Gasteiger partial charge in [-0.1, -0.05) is 25.7 Å². The van der Waals surface area contributed by atoms with Crippen LogP contribution >= 0.6 is 0 Å². The maximum absolute atomic E-state index is 3.87. The molecule has 1 nitrogen and oxygen atoms in total. The molecule has 0 saturated heterocycles. The van der Waals surface area contributed by atoms with Gasteiger partial charge in [0.15, 0.2) is 0 Å². The highest BCUT2D eigenvalue weighted by atomic mass is 14.9. The molecule has 3 saturated carbocycles. The van der Waals surface area contributed by atoms with Gasteiger partial charge in [0.1, 0.15) is 0 Å². The van der Waals surface area contributed by atoms with Crippen LogP contribution in [-0.4, -0.2) is 12.6 Å². The topological polar surface area (TPSA) is 12.0 Å². The minimum Gasteiger partial charge on any atom is -0.314 e. The Bertz CT molecular complexity index is 223. The van der Waals surface area contributed by atoms with Crippen LogP contribution in [0.15, 0.2) is 0 Å². The molecule has 0 amide bonds. The minimum atomic E-state index is 0.811. The van der Waals surface area contributed by atoms with Crippen molar-refractivity contribution in [3.8, 4) is 0 Å². The van der Waals surface area contributed by atoms with E-state index in [1.807, 2.05) is 0 Å². The second-order valence-electron chi connectivity index (χ2n) is 7.04. The van der Waals surface area contributed by atoms with E-state index in [4.69, 9.17) is 0 Å². The summed E-state index contributed by atoms with van der Waals surface area (Å²) in [4.78, 5) is 0. The van der Waals surface area contributed by atoms with E-state index in [0.717, 1.165) is 17.4 Å². The molecule has 3 fully saturated rings. The van der Waals surface area contributed by atoms with Gasteiger partial charge in [-0.05, 0) is 69.2 Å². The lowest BCUT2D eigenvalue weighted by molar-refractivity contribution is 0.166. The van der Waals surface area contributed by atoms with Gasteiger partial charge in [-0.3, -0.25) is 0 Å². The standard InChI is InChI=1S/C16H29N/c1-2-6-14(5-1)13-17-15-7-11-16(12-8-15)9-3-4-10-16/h14-15,17H,1-13H2. The van der Waals surface area contributed by atoms with Gasteiger partial charge in [0, 0.05) is 6.04 Å². The van der Waals surface area contributed by atoms with Crippen LogP contribution in [0.2, 0.25) is 0 Å². The molecular weight excluding hydrogens is 206 g/mol. The SMILES string of the molecule is C1CCC(CNC2CCC3(CCCC3)CC2)C1. The summed E-state index contributed by atoms with van der Waals surface area (Å²) in [6.45, 7) is 1.32. The summed E-state index contributed by atoms with van der Waals surface area (Å²) >= 11 is 0. The van der Waals surface area contributed by atoms with E-state index in [0.29, 0.717) is 0 Å². The third-order valence-corrected chi connectivity index (χ3v) is 5.88. The fourth-order valence-corrected chi connectivity index (χ4v) is 4.61. The van der Waals surface area contributed by atoms with Crippen molar-refractivity contribution in [2.75, 3.05) is 6.54 Å². The lowest BCUT2D eigenvalue weighted by Crippen LogP contribution is -2.38. The molecule has 0 radical (unpaired) electrons. The molecule has 0 aromatic carbocycles. The van der Waals surface area contributed by atoms with E-state index < -0.39 is 0 Å². The molecule has 0 aliphatic heterocycles. The van der Waals surface area contributed by atoms with E-state index >= 15 is 0 Å². The maximum Gasteiger partial charge on any atom is 0.00675 e. The van der Waals surface area contributed by atoms with E-state index in [2.05, 4.69) is 5.32 Å². The van der Waals surface area contributed by atoms with Gasteiger partial charge in [-0.15, -0.1) is 0 Å². The number of hydrogen-bond acceptors (Lipinski definition) is 1. The normalized spacial score (nSPS) is 30.4. The third-order valence-electron chi connectivity index (χ3n) is 5.88. The summed E-state index contributed by atoms with van der Waals surface area (Å²) in [7, 11) is 0. The monoisotopic (exact) mass is 235 g/mol. The molecule has 3 rings (SSSR count). The number of nitrogens with one attached hydrogen (secondary N) is 1. The molecule has 17 heavy (non-hydrogen) atoms. The van der Waals surface area contributed by atoms with Crippen molar-refractivity contribution >= 4 is 0 Å². The smallest absolute Gasteiger partial charge is 0.00675 e. The average Bonchev–Trinajstić information content (AvgIpc) is 3.01. The van der Waals surface area contributed by atoms with Crippen molar-refractivity contribution in [3.63, 3.8) is 0 Å². The Kier molecular flexibility index (Phi) is 3.75. The van der Waals surface area contributed by atoms with Crippen LogP contribution in [0.5, 0.6) is 0 Å². The number of hydrogen-bond donors (Lipinski definition) is 1. The van der Waals surface area contributed by atoms with Gasteiger partial charge < -0.3 is 5.32 Å². The maximum atomic E-state index is 3.87. The molecule has 98 valence electrons. The molecule has 1 N–H and O–H groups in total. The predicted octanol–water partition coefficient (Wildman–Crippen LogP) is 4.27. The molecule has 3 aliphatic rings. The van der Waals surface area contributed by atoms with Gasteiger partial charge in [0.05, 0.1) is 0 Å². The fraction of sp³-hybridized carbons (Fsp3) is 1.00.